The summed E-state index contributed by atoms with van der Waals surface area (Å²) in [6.07, 6.45) is -2.79. The Balaban J connectivity index is 1.82. The van der Waals surface area contributed by atoms with E-state index in [-0.39, 0.29) is 35.2 Å². The summed E-state index contributed by atoms with van der Waals surface area (Å²) < 4.78 is 46.5. The molecule has 2 aromatic rings. The van der Waals surface area contributed by atoms with E-state index in [4.69, 9.17) is 20.8 Å². The molecule has 1 heterocycles. The Bertz CT molecular complexity index is 779. The van der Waals surface area contributed by atoms with Gasteiger partial charge < -0.3 is 19.8 Å². The Morgan fingerprint density at radius 3 is 2.67 bits per heavy atom. The minimum atomic E-state index is -4.51. The van der Waals surface area contributed by atoms with Gasteiger partial charge in [0.1, 0.15) is 5.75 Å². The number of rotatable bonds is 8. The minimum absolute atomic E-state index is 0.0314. The SMILES string of the molecule is O=C(CCCNC(=O)c1ccco1)Nc1cc(Cl)ccc1OCC(F)(F)F. The van der Waals surface area contributed by atoms with Crippen LogP contribution in [0.3, 0.4) is 0 Å². The molecule has 2 rings (SSSR count). The maximum Gasteiger partial charge on any atom is 0.422 e. The van der Waals surface area contributed by atoms with E-state index in [1.165, 1.54) is 30.5 Å². The first-order valence-corrected chi connectivity index (χ1v) is 8.23. The first-order valence-electron chi connectivity index (χ1n) is 7.85. The highest BCUT2D eigenvalue weighted by Gasteiger charge is 2.29. The van der Waals surface area contributed by atoms with Crippen LogP contribution in [-0.2, 0) is 4.79 Å². The molecule has 10 heteroatoms. The summed E-state index contributed by atoms with van der Waals surface area (Å²) in [5, 5.41) is 5.27. The fourth-order valence-corrected chi connectivity index (χ4v) is 2.22. The van der Waals surface area contributed by atoms with Crippen LogP contribution < -0.4 is 15.4 Å². The van der Waals surface area contributed by atoms with E-state index in [1.807, 2.05) is 0 Å². The van der Waals surface area contributed by atoms with Crippen LogP contribution in [0.2, 0.25) is 5.02 Å². The summed E-state index contributed by atoms with van der Waals surface area (Å²) in [6.45, 7) is -1.27. The maximum atomic E-state index is 12.3. The molecule has 0 atom stereocenters. The van der Waals surface area contributed by atoms with Crippen molar-refractivity contribution in [3.8, 4) is 5.75 Å². The number of benzene rings is 1. The number of amides is 2. The molecule has 0 aliphatic heterocycles. The molecule has 1 aromatic carbocycles. The predicted molar refractivity (Wildman–Crippen MR) is 91.9 cm³/mol. The molecule has 0 fully saturated rings. The lowest BCUT2D eigenvalue weighted by Crippen LogP contribution is -2.25. The van der Waals surface area contributed by atoms with Gasteiger partial charge in [0.15, 0.2) is 12.4 Å². The minimum Gasteiger partial charge on any atom is -0.482 e. The van der Waals surface area contributed by atoms with Crippen LogP contribution in [0, 0.1) is 0 Å². The zero-order valence-corrected chi connectivity index (χ0v) is 14.7. The average Bonchev–Trinajstić information content (AvgIpc) is 3.11. The predicted octanol–water partition coefficient (Wildman–Crippen LogP) is 4.02. The van der Waals surface area contributed by atoms with Gasteiger partial charge >= 0.3 is 6.18 Å². The van der Waals surface area contributed by atoms with Crippen LogP contribution in [0.5, 0.6) is 5.75 Å². The number of alkyl halides is 3. The van der Waals surface area contributed by atoms with Crippen LogP contribution in [0.1, 0.15) is 23.4 Å². The number of ether oxygens (including phenoxy) is 1. The van der Waals surface area contributed by atoms with E-state index >= 15 is 0 Å². The third-order valence-electron chi connectivity index (χ3n) is 3.22. The van der Waals surface area contributed by atoms with Crippen LogP contribution in [0.15, 0.2) is 41.0 Å². The molecule has 0 aliphatic rings. The zero-order valence-electron chi connectivity index (χ0n) is 13.9. The number of halogens is 4. The van der Waals surface area contributed by atoms with Crippen molar-refractivity contribution < 1.29 is 31.9 Å². The fourth-order valence-electron chi connectivity index (χ4n) is 2.04. The molecule has 2 amide bonds. The Morgan fingerprint density at radius 1 is 1.22 bits per heavy atom. The Kier molecular flexibility index (Phi) is 7.12. The first-order chi connectivity index (χ1) is 12.7. The van der Waals surface area contributed by atoms with Crippen LogP contribution in [0.4, 0.5) is 18.9 Å². The molecule has 0 radical (unpaired) electrons. The number of anilines is 1. The second-order valence-corrected chi connectivity index (χ2v) is 5.87. The van der Waals surface area contributed by atoms with E-state index in [0.717, 1.165) is 0 Å². The maximum absolute atomic E-state index is 12.3. The molecule has 0 spiro atoms. The van der Waals surface area contributed by atoms with Crippen molar-refractivity contribution in [2.24, 2.45) is 0 Å². The van der Waals surface area contributed by atoms with Crippen molar-refractivity contribution in [2.75, 3.05) is 18.5 Å². The number of nitrogens with one attached hydrogen (secondary N) is 2. The van der Waals surface area contributed by atoms with Gasteiger partial charge in [0, 0.05) is 18.0 Å². The van der Waals surface area contributed by atoms with Crippen LogP contribution in [0.25, 0.3) is 0 Å². The lowest BCUT2D eigenvalue weighted by molar-refractivity contribution is -0.153. The molecule has 0 aliphatic carbocycles. The molecular formula is C17H16ClF3N2O4. The van der Waals surface area contributed by atoms with Crippen molar-refractivity contribution >= 4 is 29.1 Å². The topological polar surface area (TPSA) is 80.6 Å². The normalized spacial score (nSPS) is 11.1. The van der Waals surface area contributed by atoms with Gasteiger partial charge in [-0.25, -0.2) is 0 Å². The summed E-state index contributed by atoms with van der Waals surface area (Å²) >= 11 is 5.82. The van der Waals surface area contributed by atoms with E-state index in [9.17, 15) is 22.8 Å². The highest BCUT2D eigenvalue weighted by atomic mass is 35.5. The Labute approximate surface area is 157 Å². The molecule has 0 saturated carbocycles. The fraction of sp³-hybridized carbons (Fsp3) is 0.294. The smallest absolute Gasteiger partial charge is 0.422 e. The van der Waals surface area contributed by atoms with Gasteiger partial charge in [-0.3, -0.25) is 9.59 Å². The summed E-state index contributed by atoms with van der Waals surface area (Å²) in [6, 6.07) is 6.97. The number of carbonyl (C=O) groups excluding carboxylic acids is 2. The number of furan rings is 1. The van der Waals surface area contributed by atoms with Gasteiger partial charge in [-0.15, -0.1) is 0 Å². The summed E-state index contributed by atoms with van der Waals surface area (Å²) in [5.41, 5.74) is 0.0383. The van der Waals surface area contributed by atoms with Crippen molar-refractivity contribution in [3.63, 3.8) is 0 Å². The lowest BCUT2D eigenvalue weighted by Gasteiger charge is -2.14. The van der Waals surface area contributed by atoms with Crippen LogP contribution >= 0.6 is 11.6 Å². The highest BCUT2D eigenvalue weighted by Crippen LogP contribution is 2.29. The van der Waals surface area contributed by atoms with Crippen molar-refractivity contribution in [1.29, 1.82) is 0 Å². The van der Waals surface area contributed by atoms with Crippen LogP contribution in [-0.4, -0.2) is 31.1 Å². The van der Waals surface area contributed by atoms with Gasteiger partial charge in [-0.1, -0.05) is 11.6 Å². The van der Waals surface area contributed by atoms with E-state index in [0.29, 0.717) is 6.42 Å². The molecule has 0 bridgehead atoms. The van der Waals surface area contributed by atoms with Crippen molar-refractivity contribution in [1.82, 2.24) is 5.32 Å². The molecule has 1 aromatic heterocycles. The van der Waals surface area contributed by atoms with Crippen molar-refractivity contribution in [3.05, 3.63) is 47.4 Å². The first kappa shape index (κ1) is 20.6. The quantitative estimate of drug-likeness (QED) is 0.651. The molecule has 2 N–H and O–H groups in total. The molecule has 6 nitrogen and oxygen atoms in total. The third kappa shape index (κ3) is 7.22. The zero-order chi connectivity index (χ0) is 19.9. The number of hydrogen-bond donors (Lipinski definition) is 2. The molecule has 27 heavy (non-hydrogen) atoms. The van der Waals surface area contributed by atoms with Gasteiger partial charge in [0.2, 0.25) is 5.91 Å². The van der Waals surface area contributed by atoms with E-state index in [1.54, 1.807) is 6.07 Å². The van der Waals surface area contributed by atoms with Gasteiger partial charge in [-0.05, 0) is 36.8 Å². The second-order valence-electron chi connectivity index (χ2n) is 5.43. The van der Waals surface area contributed by atoms with Crippen molar-refractivity contribution in [2.45, 2.75) is 19.0 Å². The highest BCUT2D eigenvalue weighted by molar-refractivity contribution is 6.31. The number of carbonyl (C=O) groups is 2. The van der Waals surface area contributed by atoms with Gasteiger partial charge in [-0.2, -0.15) is 13.2 Å². The van der Waals surface area contributed by atoms with E-state index < -0.39 is 24.6 Å². The third-order valence-corrected chi connectivity index (χ3v) is 3.45. The molecule has 146 valence electrons. The second kappa shape index (κ2) is 9.31. The monoisotopic (exact) mass is 404 g/mol. The number of hydrogen-bond acceptors (Lipinski definition) is 4. The van der Waals surface area contributed by atoms with E-state index in [2.05, 4.69) is 10.6 Å². The summed E-state index contributed by atoms with van der Waals surface area (Å²) in [4.78, 5) is 23.6. The lowest BCUT2D eigenvalue weighted by atomic mass is 10.2. The molecule has 0 unspecified atom stereocenters. The standard InChI is InChI=1S/C17H16ClF3N2O4/c18-11-5-6-13(27-10-17(19,20)21)12(9-11)23-15(24)4-1-7-22-16(25)14-3-2-8-26-14/h2-3,5-6,8-9H,1,4,7,10H2,(H,22,25)(H,23,24). The Hall–Kier alpha value is -2.68. The Morgan fingerprint density at radius 2 is 2.00 bits per heavy atom. The largest absolute Gasteiger partial charge is 0.482 e. The average molecular weight is 405 g/mol. The van der Waals surface area contributed by atoms with Gasteiger partial charge in [0.05, 0.1) is 12.0 Å². The summed E-state index contributed by atoms with van der Waals surface area (Å²) in [5.74, 6) is -0.847. The molecule has 0 saturated heterocycles. The summed E-state index contributed by atoms with van der Waals surface area (Å²) in [7, 11) is 0. The van der Waals surface area contributed by atoms with Gasteiger partial charge in [0.25, 0.3) is 5.91 Å². The molecular weight excluding hydrogens is 389 g/mol.